The summed E-state index contributed by atoms with van der Waals surface area (Å²) in [5.74, 6) is 0.873. The van der Waals surface area contributed by atoms with E-state index in [0.29, 0.717) is 0 Å². The van der Waals surface area contributed by atoms with E-state index in [9.17, 15) is 0 Å². The summed E-state index contributed by atoms with van der Waals surface area (Å²) in [6, 6.07) is 14.8. The fourth-order valence-electron chi connectivity index (χ4n) is 2.46. The number of aliphatic imine (C=N–C) groups is 1. The zero-order chi connectivity index (χ0) is 17.2. The van der Waals surface area contributed by atoms with Crippen molar-refractivity contribution >= 4 is 47.0 Å². The van der Waals surface area contributed by atoms with Crippen molar-refractivity contribution in [2.75, 3.05) is 32.1 Å². The molecule has 1 aromatic heterocycles. The van der Waals surface area contributed by atoms with Crippen LogP contribution in [0.4, 0.5) is 5.69 Å². The smallest absolute Gasteiger partial charge is 0.191 e. The summed E-state index contributed by atoms with van der Waals surface area (Å²) < 4.78 is 0. The molecule has 6 heteroatoms. The number of nitrogens with one attached hydrogen (secondary N) is 2. The molecule has 4 nitrogen and oxygen atoms in total. The van der Waals surface area contributed by atoms with Crippen LogP contribution in [0.15, 0.2) is 47.5 Å². The number of rotatable bonds is 8. The molecule has 0 aliphatic heterocycles. The molecule has 0 aliphatic carbocycles. The van der Waals surface area contributed by atoms with Crippen LogP contribution in [-0.4, -0.2) is 33.1 Å². The van der Waals surface area contributed by atoms with E-state index in [4.69, 9.17) is 0 Å². The van der Waals surface area contributed by atoms with E-state index in [1.54, 1.807) is 0 Å². The molecule has 2 rings (SSSR count). The lowest BCUT2D eigenvalue weighted by Gasteiger charge is -2.19. The number of halogens is 1. The molecule has 0 aliphatic rings. The van der Waals surface area contributed by atoms with Crippen molar-refractivity contribution in [1.82, 2.24) is 10.6 Å². The first-order valence-corrected chi connectivity index (χ1v) is 9.26. The zero-order valence-corrected chi connectivity index (χ0v) is 18.4. The molecular formula is C19H29IN4S. The molecule has 25 heavy (non-hydrogen) atoms. The first kappa shape index (κ1) is 21.8. The van der Waals surface area contributed by atoms with E-state index in [1.807, 2.05) is 18.4 Å². The summed E-state index contributed by atoms with van der Waals surface area (Å²) >= 11 is 1.82. The predicted octanol–water partition coefficient (Wildman–Crippen LogP) is 4.26. The van der Waals surface area contributed by atoms with Gasteiger partial charge < -0.3 is 15.5 Å². The Balaban J connectivity index is 0.00000312. The Morgan fingerprint density at radius 3 is 2.48 bits per heavy atom. The highest BCUT2D eigenvalue weighted by molar-refractivity contribution is 14.0. The Morgan fingerprint density at radius 1 is 1.08 bits per heavy atom. The quantitative estimate of drug-likeness (QED) is 0.261. The Morgan fingerprint density at radius 2 is 1.84 bits per heavy atom. The van der Waals surface area contributed by atoms with Crippen LogP contribution in [0.5, 0.6) is 0 Å². The number of unbranched alkanes of at least 4 members (excludes halogenated alkanes) is 1. The standard InChI is InChI=1S/C19H28N4S.HI/c1-16-11-12-18(24-16)15-22-19(20-2)21-13-7-8-14-23(3)17-9-5-4-6-10-17;/h4-6,9-12H,7-8,13-15H2,1-3H3,(H2,20,21,22);1H. The van der Waals surface area contributed by atoms with Crippen LogP contribution in [0.2, 0.25) is 0 Å². The minimum atomic E-state index is 0. The average Bonchev–Trinajstić information content (AvgIpc) is 3.03. The summed E-state index contributed by atoms with van der Waals surface area (Å²) in [6.45, 7) is 4.96. The molecule has 0 fully saturated rings. The van der Waals surface area contributed by atoms with Crippen LogP contribution in [-0.2, 0) is 6.54 Å². The van der Waals surface area contributed by atoms with Crippen LogP contribution >= 0.6 is 35.3 Å². The van der Waals surface area contributed by atoms with Crippen molar-refractivity contribution in [3.05, 3.63) is 52.2 Å². The Hall–Kier alpha value is -1.28. The Kier molecular flexibility index (Phi) is 10.6. The normalized spacial score (nSPS) is 10.9. The molecule has 138 valence electrons. The molecule has 1 heterocycles. The van der Waals surface area contributed by atoms with Gasteiger partial charge in [0, 0.05) is 42.6 Å². The van der Waals surface area contributed by atoms with Crippen molar-refractivity contribution in [3.8, 4) is 0 Å². The highest BCUT2D eigenvalue weighted by Crippen LogP contribution is 2.14. The van der Waals surface area contributed by atoms with Gasteiger partial charge in [-0.15, -0.1) is 35.3 Å². The third-order valence-corrected chi connectivity index (χ3v) is 4.86. The number of thiophene rings is 1. The van der Waals surface area contributed by atoms with E-state index >= 15 is 0 Å². The third-order valence-electron chi connectivity index (χ3n) is 3.86. The van der Waals surface area contributed by atoms with Crippen molar-refractivity contribution in [2.45, 2.75) is 26.3 Å². The Labute approximate surface area is 172 Å². The van der Waals surface area contributed by atoms with Crippen LogP contribution in [0.25, 0.3) is 0 Å². The van der Waals surface area contributed by atoms with Gasteiger partial charge in [0.25, 0.3) is 0 Å². The minimum Gasteiger partial charge on any atom is -0.375 e. The van der Waals surface area contributed by atoms with Crippen molar-refractivity contribution < 1.29 is 0 Å². The summed E-state index contributed by atoms with van der Waals surface area (Å²) in [4.78, 5) is 9.25. The topological polar surface area (TPSA) is 39.7 Å². The van der Waals surface area contributed by atoms with Gasteiger partial charge in [0.2, 0.25) is 0 Å². The van der Waals surface area contributed by atoms with Crippen LogP contribution < -0.4 is 15.5 Å². The molecule has 0 saturated heterocycles. The van der Waals surface area contributed by atoms with Crippen LogP contribution in [0.1, 0.15) is 22.6 Å². The highest BCUT2D eigenvalue weighted by atomic mass is 127. The van der Waals surface area contributed by atoms with Gasteiger partial charge in [-0.3, -0.25) is 4.99 Å². The van der Waals surface area contributed by atoms with Gasteiger partial charge in [-0.25, -0.2) is 0 Å². The summed E-state index contributed by atoms with van der Waals surface area (Å²) in [5.41, 5.74) is 1.27. The maximum atomic E-state index is 4.28. The van der Waals surface area contributed by atoms with Gasteiger partial charge >= 0.3 is 0 Å². The average molecular weight is 472 g/mol. The van der Waals surface area contributed by atoms with E-state index < -0.39 is 0 Å². The second-order valence-electron chi connectivity index (χ2n) is 5.83. The monoisotopic (exact) mass is 472 g/mol. The fraction of sp³-hybridized carbons (Fsp3) is 0.421. The number of benzene rings is 1. The molecule has 0 amide bonds. The number of aryl methyl sites for hydroxylation is 1. The van der Waals surface area contributed by atoms with Crippen LogP contribution in [0.3, 0.4) is 0 Å². The molecule has 1 aromatic carbocycles. The maximum Gasteiger partial charge on any atom is 0.191 e. The fourth-order valence-corrected chi connectivity index (χ4v) is 3.29. The third kappa shape index (κ3) is 8.09. The van der Waals surface area contributed by atoms with Crippen molar-refractivity contribution in [2.24, 2.45) is 4.99 Å². The van der Waals surface area contributed by atoms with Gasteiger partial charge in [0.1, 0.15) is 0 Å². The van der Waals surface area contributed by atoms with E-state index in [0.717, 1.165) is 38.4 Å². The number of guanidine groups is 1. The number of hydrogen-bond donors (Lipinski definition) is 2. The number of nitrogens with zero attached hydrogens (tertiary/aromatic N) is 2. The van der Waals surface area contributed by atoms with E-state index in [-0.39, 0.29) is 24.0 Å². The van der Waals surface area contributed by atoms with Crippen molar-refractivity contribution in [3.63, 3.8) is 0 Å². The summed E-state index contributed by atoms with van der Waals surface area (Å²) in [7, 11) is 3.96. The molecule has 0 atom stereocenters. The van der Waals surface area contributed by atoms with E-state index in [1.165, 1.54) is 15.4 Å². The molecule has 0 bridgehead atoms. The summed E-state index contributed by atoms with van der Waals surface area (Å²) in [6.07, 6.45) is 2.27. The van der Waals surface area contributed by atoms with Crippen molar-refractivity contribution in [1.29, 1.82) is 0 Å². The van der Waals surface area contributed by atoms with Gasteiger partial charge in [-0.05, 0) is 44.0 Å². The molecule has 2 aromatic rings. The summed E-state index contributed by atoms with van der Waals surface area (Å²) in [5, 5.41) is 6.75. The molecule has 0 unspecified atom stereocenters. The number of hydrogen-bond acceptors (Lipinski definition) is 3. The molecule has 0 radical (unpaired) electrons. The van der Waals surface area contributed by atoms with Gasteiger partial charge in [0.15, 0.2) is 5.96 Å². The predicted molar refractivity (Wildman–Crippen MR) is 122 cm³/mol. The molecule has 0 spiro atoms. The van der Waals surface area contributed by atoms with Gasteiger partial charge in [0.05, 0.1) is 6.54 Å². The largest absolute Gasteiger partial charge is 0.375 e. The maximum absolute atomic E-state index is 4.28. The lowest BCUT2D eigenvalue weighted by Crippen LogP contribution is -2.37. The highest BCUT2D eigenvalue weighted by Gasteiger charge is 2.01. The first-order chi connectivity index (χ1) is 11.7. The SMILES string of the molecule is CN=C(NCCCCN(C)c1ccccc1)NCc1ccc(C)s1.I. The van der Waals surface area contributed by atoms with Gasteiger partial charge in [-0.2, -0.15) is 0 Å². The Bertz CT molecular complexity index is 627. The number of anilines is 1. The second kappa shape index (κ2) is 12.1. The molecule has 2 N–H and O–H groups in total. The minimum absolute atomic E-state index is 0. The second-order valence-corrected chi connectivity index (χ2v) is 7.20. The van der Waals surface area contributed by atoms with Gasteiger partial charge in [-0.1, -0.05) is 18.2 Å². The lowest BCUT2D eigenvalue weighted by atomic mass is 10.2. The molecular weight excluding hydrogens is 443 g/mol. The van der Waals surface area contributed by atoms with E-state index in [2.05, 4.69) is 77.0 Å². The molecule has 0 saturated carbocycles. The lowest BCUT2D eigenvalue weighted by molar-refractivity contribution is 0.687. The zero-order valence-electron chi connectivity index (χ0n) is 15.3. The first-order valence-electron chi connectivity index (χ1n) is 8.45. The number of para-hydroxylation sites is 1. The van der Waals surface area contributed by atoms with Crippen LogP contribution in [0, 0.1) is 6.92 Å².